The molecule has 0 unspecified atom stereocenters. The highest BCUT2D eigenvalue weighted by molar-refractivity contribution is 9.10. The Labute approximate surface area is 126 Å². The molecule has 0 heterocycles. The van der Waals surface area contributed by atoms with Crippen LogP contribution in [-0.4, -0.2) is 18.1 Å². The van der Waals surface area contributed by atoms with Crippen LogP contribution in [-0.2, 0) is 16.0 Å². The van der Waals surface area contributed by atoms with E-state index in [-0.39, 0.29) is 29.1 Å². The molecular weight excluding hydrogens is 359 g/mol. The van der Waals surface area contributed by atoms with Gasteiger partial charge in [-0.15, -0.1) is 0 Å². The third-order valence-corrected chi connectivity index (χ3v) is 3.81. The van der Waals surface area contributed by atoms with E-state index in [1.54, 1.807) is 13.0 Å². The maximum atomic E-state index is 12.6. The van der Waals surface area contributed by atoms with Crippen LogP contribution in [0.1, 0.15) is 18.1 Å². The maximum Gasteiger partial charge on any atom is 0.446 e. The number of nitrogens with zero attached hydrogens (tertiary/aromatic N) is 1. The molecule has 0 radical (unpaired) electrons. The van der Waals surface area contributed by atoms with E-state index in [0.29, 0.717) is 4.47 Å². The molecule has 8 heteroatoms. The molecule has 0 saturated heterocycles. The van der Waals surface area contributed by atoms with Gasteiger partial charge in [0, 0.05) is 9.37 Å². The Bertz CT molecular complexity index is 555. The summed E-state index contributed by atoms with van der Waals surface area (Å²) in [7, 11) is 0. The molecule has 20 heavy (non-hydrogen) atoms. The van der Waals surface area contributed by atoms with Gasteiger partial charge in [0.2, 0.25) is 0 Å². The second kappa shape index (κ2) is 6.99. The summed E-state index contributed by atoms with van der Waals surface area (Å²) in [5, 5.41) is 8.91. The smallest absolute Gasteiger partial charge is 0.446 e. The minimum absolute atomic E-state index is 0.102. The highest BCUT2D eigenvalue weighted by Gasteiger charge is 2.33. The predicted octanol–water partition coefficient (Wildman–Crippen LogP) is 4.04. The van der Waals surface area contributed by atoms with Crippen LogP contribution in [0.3, 0.4) is 0 Å². The lowest BCUT2D eigenvalue weighted by molar-refractivity contribution is -0.142. The van der Waals surface area contributed by atoms with Crippen molar-refractivity contribution in [1.29, 1.82) is 5.26 Å². The van der Waals surface area contributed by atoms with E-state index in [0.717, 1.165) is 0 Å². The Hall–Kier alpha value is -1.20. The first-order valence-electron chi connectivity index (χ1n) is 5.41. The Morgan fingerprint density at radius 3 is 2.65 bits per heavy atom. The Balaban J connectivity index is 3.26. The number of rotatable bonds is 4. The van der Waals surface area contributed by atoms with Crippen LogP contribution in [0.2, 0.25) is 0 Å². The number of thioether (sulfide) groups is 1. The molecule has 3 nitrogen and oxygen atoms in total. The van der Waals surface area contributed by atoms with Crippen LogP contribution in [0.5, 0.6) is 0 Å². The molecule has 0 bridgehead atoms. The van der Waals surface area contributed by atoms with Gasteiger partial charge in [0.25, 0.3) is 0 Å². The van der Waals surface area contributed by atoms with E-state index in [1.165, 1.54) is 12.1 Å². The van der Waals surface area contributed by atoms with E-state index < -0.39 is 23.2 Å². The molecule has 0 aliphatic heterocycles. The van der Waals surface area contributed by atoms with Crippen molar-refractivity contribution < 1.29 is 22.7 Å². The fraction of sp³-hybridized carbons (Fsp3) is 0.333. The number of hydrogen-bond acceptors (Lipinski definition) is 4. The number of ether oxygens (including phenoxy) is 1. The van der Waals surface area contributed by atoms with E-state index in [1.807, 2.05) is 0 Å². The molecule has 1 rings (SSSR count). The second-order valence-electron chi connectivity index (χ2n) is 3.54. The third kappa shape index (κ3) is 4.72. The average Bonchev–Trinajstić information content (AvgIpc) is 2.32. The quantitative estimate of drug-likeness (QED) is 0.595. The largest absolute Gasteiger partial charge is 0.466 e. The number of carbonyl (C=O) groups excluding carboxylic acids is 1. The van der Waals surface area contributed by atoms with Crippen LogP contribution in [0, 0.1) is 11.3 Å². The van der Waals surface area contributed by atoms with Gasteiger partial charge in [0.05, 0.1) is 18.6 Å². The Morgan fingerprint density at radius 1 is 1.50 bits per heavy atom. The van der Waals surface area contributed by atoms with Crippen molar-refractivity contribution in [3.8, 4) is 6.07 Å². The fourth-order valence-electron chi connectivity index (χ4n) is 1.45. The number of esters is 1. The number of halogens is 4. The number of nitriles is 1. The Kier molecular flexibility index (Phi) is 5.89. The van der Waals surface area contributed by atoms with Crippen molar-refractivity contribution in [2.45, 2.75) is 23.7 Å². The first kappa shape index (κ1) is 16.9. The summed E-state index contributed by atoms with van der Waals surface area (Å²) in [6.07, 6.45) is -0.331. The van der Waals surface area contributed by atoms with Crippen molar-refractivity contribution in [2.75, 3.05) is 6.61 Å². The molecule has 0 amide bonds. The van der Waals surface area contributed by atoms with Crippen molar-refractivity contribution in [1.82, 2.24) is 0 Å². The molecule has 0 fully saturated rings. The molecule has 0 aliphatic carbocycles. The van der Waals surface area contributed by atoms with Crippen molar-refractivity contribution in [3.63, 3.8) is 0 Å². The highest BCUT2D eigenvalue weighted by atomic mass is 79.9. The van der Waals surface area contributed by atoms with Gasteiger partial charge in [-0.25, -0.2) is 0 Å². The molecular formula is C12H9BrF3NO2S. The summed E-state index contributed by atoms with van der Waals surface area (Å²) < 4.78 is 42.8. The van der Waals surface area contributed by atoms with Crippen molar-refractivity contribution in [3.05, 3.63) is 27.7 Å². The lowest BCUT2D eigenvalue weighted by Crippen LogP contribution is -2.11. The first-order valence-corrected chi connectivity index (χ1v) is 7.02. The lowest BCUT2D eigenvalue weighted by Gasteiger charge is -2.14. The molecule has 1 aromatic rings. The molecule has 1 aromatic carbocycles. The Morgan fingerprint density at radius 2 is 2.15 bits per heavy atom. The second-order valence-corrected chi connectivity index (χ2v) is 5.47. The zero-order valence-electron chi connectivity index (χ0n) is 10.3. The molecule has 108 valence electrons. The van der Waals surface area contributed by atoms with Crippen LogP contribution >= 0.6 is 27.7 Å². The van der Waals surface area contributed by atoms with Gasteiger partial charge < -0.3 is 4.74 Å². The van der Waals surface area contributed by atoms with E-state index >= 15 is 0 Å². The minimum atomic E-state index is -4.55. The molecule has 0 spiro atoms. The third-order valence-electron chi connectivity index (χ3n) is 2.17. The van der Waals surface area contributed by atoms with Gasteiger partial charge in [-0.3, -0.25) is 4.79 Å². The zero-order valence-corrected chi connectivity index (χ0v) is 12.7. The average molecular weight is 368 g/mol. The topological polar surface area (TPSA) is 50.1 Å². The van der Waals surface area contributed by atoms with Crippen LogP contribution in [0.15, 0.2) is 21.5 Å². The lowest BCUT2D eigenvalue weighted by atomic mass is 10.1. The highest BCUT2D eigenvalue weighted by Crippen LogP contribution is 2.42. The molecule has 0 N–H and O–H groups in total. The van der Waals surface area contributed by atoms with Gasteiger partial charge in [0.15, 0.2) is 0 Å². The van der Waals surface area contributed by atoms with E-state index in [9.17, 15) is 18.0 Å². The fourth-order valence-corrected chi connectivity index (χ4v) is 2.81. The minimum Gasteiger partial charge on any atom is -0.466 e. The summed E-state index contributed by atoms with van der Waals surface area (Å²) in [6, 6.07) is 4.41. The molecule has 0 saturated carbocycles. The standard InChI is InChI=1S/C12H9BrF3NO2S/c1-2-19-10(18)5-8-9(13)4-3-7(6-17)11(8)20-12(14,15)16/h3-4H,2,5H2,1H3. The van der Waals surface area contributed by atoms with E-state index in [4.69, 9.17) is 10.00 Å². The van der Waals surface area contributed by atoms with Crippen LogP contribution in [0.25, 0.3) is 0 Å². The predicted molar refractivity (Wildman–Crippen MR) is 71.1 cm³/mol. The SMILES string of the molecule is CCOC(=O)Cc1c(Br)ccc(C#N)c1SC(F)(F)F. The van der Waals surface area contributed by atoms with Gasteiger partial charge >= 0.3 is 11.5 Å². The molecule has 0 aromatic heterocycles. The summed E-state index contributed by atoms with van der Waals surface area (Å²) in [5.41, 5.74) is -4.57. The molecule has 0 atom stereocenters. The number of alkyl halides is 3. The van der Waals surface area contributed by atoms with Gasteiger partial charge in [-0.05, 0) is 36.4 Å². The number of benzene rings is 1. The van der Waals surface area contributed by atoms with Crippen molar-refractivity contribution in [2.24, 2.45) is 0 Å². The van der Waals surface area contributed by atoms with Crippen molar-refractivity contribution >= 4 is 33.7 Å². The van der Waals surface area contributed by atoms with Crippen LogP contribution < -0.4 is 0 Å². The first-order chi connectivity index (χ1) is 9.28. The summed E-state index contributed by atoms with van der Waals surface area (Å²) in [5.74, 6) is -0.646. The van der Waals surface area contributed by atoms with E-state index in [2.05, 4.69) is 15.9 Å². The summed E-state index contributed by atoms with van der Waals surface area (Å²) in [4.78, 5) is 11.2. The normalized spacial score (nSPS) is 11.0. The molecule has 0 aliphatic rings. The van der Waals surface area contributed by atoms with Crippen LogP contribution in [0.4, 0.5) is 13.2 Å². The van der Waals surface area contributed by atoms with Gasteiger partial charge in [-0.1, -0.05) is 15.9 Å². The maximum absolute atomic E-state index is 12.6. The number of hydrogen-bond donors (Lipinski definition) is 0. The monoisotopic (exact) mass is 367 g/mol. The zero-order chi connectivity index (χ0) is 15.3. The van der Waals surface area contributed by atoms with Gasteiger partial charge in [0.1, 0.15) is 6.07 Å². The van der Waals surface area contributed by atoms with Gasteiger partial charge in [-0.2, -0.15) is 18.4 Å². The summed E-state index contributed by atoms with van der Waals surface area (Å²) >= 11 is 2.69. The summed E-state index contributed by atoms with van der Waals surface area (Å²) in [6.45, 7) is 1.74. The number of carbonyl (C=O) groups is 1.